The van der Waals surface area contributed by atoms with Crippen LogP contribution in [0.5, 0.6) is 5.75 Å². The summed E-state index contributed by atoms with van der Waals surface area (Å²) in [6, 6.07) is 3.53. The Morgan fingerprint density at radius 1 is 1.67 bits per heavy atom. The molecule has 1 aromatic rings. The maximum Gasteiger partial charge on any atom is 0.168 e. The number of aliphatic hydroxyl groups is 1. The highest BCUT2D eigenvalue weighted by atomic mass is 79.9. The summed E-state index contributed by atoms with van der Waals surface area (Å²) in [6.07, 6.45) is 0. The first-order valence-electron chi connectivity index (χ1n) is 4.12. The van der Waals surface area contributed by atoms with Gasteiger partial charge in [-0.3, -0.25) is 0 Å². The highest BCUT2D eigenvalue weighted by molar-refractivity contribution is 9.10. The van der Waals surface area contributed by atoms with Crippen molar-refractivity contribution in [1.82, 2.24) is 0 Å². The Balaban J connectivity index is 3.23. The summed E-state index contributed by atoms with van der Waals surface area (Å²) in [6.45, 7) is -0.124. The van der Waals surface area contributed by atoms with Crippen LogP contribution in [0, 0.1) is 0 Å². The van der Waals surface area contributed by atoms with Crippen LogP contribution in [0.25, 0.3) is 0 Å². The SMILES string of the molecule is COc1cc(Br)cc(CO)c1NC(N)=S. The lowest BCUT2D eigenvalue weighted by Crippen LogP contribution is -2.20. The number of rotatable bonds is 3. The molecule has 0 aliphatic rings. The van der Waals surface area contributed by atoms with Gasteiger partial charge in [0.2, 0.25) is 0 Å². The normalized spacial score (nSPS) is 9.80. The predicted octanol–water partition coefficient (Wildman–Crippen LogP) is 1.61. The Morgan fingerprint density at radius 2 is 2.33 bits per heavy atom. The van der Waals surface area contributed by atoms with Crippen molar-refractivity contribution >= 4 is 38.9 Å². The van der Waals surface area contributed by atoms with Crippen LogP contribution in [0.15, 0.2) is 16.6 Å². The lowest BCUT2D eigenvalue weighted by molar-refractivity contribution is 0.282. The van der Waals surface area contributed by atoms with E-state index in [0.717, 1.165) is 4.47 Å². The van der Waals surface area contributed by atoms with E-state index in [0.29, 0.717) is 17.0 Å². The number of hydrogen-bond donors (Lipinski definition) is 3. The minimum absolute atomic E-state index is 0.124. The van der Waals surface area contributed by atoms with Crippen LogP contribution in [0.1, 0.15) is 5.56 Å². The van der Waals surface area contributed by atoms with Crippen molar-refractivity contribution in [3.8, 4) is 5.75 Å². The molecule has 0 spiro atoms. The van der Waals surface area contributed by atoms with Gasteiger partial charge in [-0.15, -0.1) is 0 Å². The van der Waals surface area contributed by atoms with E-state index in [2.05, 4.69) is 21.2 Å². The second-order valence-electron chi connectivity index (χ2n) is 2.79. The number of halogens is 1. The molecule has 0 fully saturated rings. The minimum atomic E-state index is -0.124. The minimum Gasteiger partial charge on any atom is -0.495 e. The maximum atomic E-state index is 9.18. The fourth-order valence-electron chi connectivity index (χ4n) is 1.19. The van der Waals surface area contributed by atoms with E-state index in [4.69, 9.17) is 22.7 Å². The Labute approximate surface area is 102 Å². The summed E-state index contributed by atoms with van der Waals surface area (Å²) >= 11 is 8.06. The van der Waals surface area contributed by atoms with Gasteiger partial charge in [-0.1, -0.05) is 15.9 Å². The van der Waals surface area contributed by atoms with E-state index < -0.39 is 0 Å². The van der Waals surface area contributed by atoms with Crippen LogP contribution in [-0.4, -0.2) is 17.3 Å². The van der Waals surface area contributed by atoms with E-state index in [1.165, 1.54) is 7.11 Å². The summed E-state index contributed by atoms with van der Waals surface area (Å²) in [5.41, 5.74) is 6.64. The molecule has 15 heavy (non-hydrogen) atoms. The van der Waals surface area contributed by atoms with Crippen LogP contribution < -0.4 is 15.8 Å². The monoisotopic (exact) mass is 290 g/mol. The van der Waals surface area contributed by atoms with Crippen LogP contribution in [0.3, 0.4) is 0 Å². The molecule has 4 nitrogen and oxygen atoms in total. The summed E-state index contributed by atoms with van der Waals surface area (Å²) in [5.74, 6) is 0.571. The summed E-state index contributed by atoms with van der Waals surface area (Å²) in [4.78, 5) is 0. The summed E-state index contributed by atoms with van der Waals surface area (Å²) < 4.78 is 5.97. The fourth-order valence-corrected chi connectivity index (χ4v) is 1.77. The van der Waals surface area contributed by atoms with E-state index in [-0.39, 0.29) is 11.7 Å². The van der Waals surface area contributed by atoms with Crippen molar-refractivity contribution in [2.45, 2.75) is 6.61 Å². The molecule has 0 heterocycles. The summed E-state index contributed by atoms with van der Waals surface area (Å²) in [7, 11) is 1.54. The molecule has 1 aromatic carbocycles. The second kappa shape index (κ2) is 5.29. The third kappa shape index (κ3) is 3.05. The number of ether oxygens (including phenoxy) is 1. The largest absolute Gasteiger partial charge is 0.495 e. The van der Waals surface area contributed by atoms with Crippen LogP contribution >= 0.6 is 28.1 Å². The zero-order valence-electron chi connectivity index (χ0n) is 8.08. The first-order chi connectivity index (χ1) is 7.08. The van der Waals surface area contributed by atoms with Crippen molar-refractivity contribution in [2.75, 3.05) is 12.4 Å². The Morgan fingerprint density at radius 3 is 2.80 bits per heavy atom. The molecule has 0 radical (unpaired) electrons. The molecule has 1 rings (SSSR count). The van der Waals surface area contributed by atoms with Crippen molar-refractivity contribution in [3.05, 3.63) is 22.2 Å². The highest BCUT2D eigenvalue weighted by Crippen LogP contribution is 2.32. The number of anilines is 1. The van der Waals surface area contributed by atoms with Gasteiger partial charge in [0.25, 0.3) is 0 Å². The van der Waals surface area contributed by atoms with Gasteiger partial charge in [-0.25, -0.2) is 0 Å². The van der Waals surface area contributed by atoms with Crippen molar-refractivity contribution in [1.29, 1.82) is 0 Å². The Kier molecular flexibility index (Phi) is 4.31. The third-order valence-electron chi connectivity index (χ3n) is 1.79. The number of thiocarbonyl (C=S) groups is 1. The number of nitrogens with two attached hydrogens (primary N) is 1. The molecule has 0 aliphatic carbocycles. The smallest absolute Gasteiger partial charge is 0.168 e. The number of nitrogens with one attached hydrogen (secondary N) is 1. The molecule has 0 atom stereocenters. The fraction of sp³-hybridized carbons (Fsp3) is 0.222. The average Bonchev–Trinajstić information content (AvgIpc) is 2.19. The average molecular weight is 291 g/mol. The van der Waals surface area contributed by atoms with Gasteiger partial charge in [-0.2, -0.15) is 0 Å². The zero-order valence-corrected chi connectivity index (χ0v) is 10.5. The lowest BCUT2D eigenvalue weighted by atomic mass is 10.1. The van der Waals surface area contributed by atoms with Crippen molar-refractivity contribution in [2.24, 2.45) is 5.73 Å². The lowest BCUT2D eigenvalue weighted by Gasteiger charge is -2.14. The van der Waals surface area contributed by atoms with Gasteiger partial charge in [0, 0.05) is 10.0 Å². The molecule has 0 saturated heterocycles. The molecule has 0 bridgehead atoms. The van der Waals surface area contributed by atoms with Crippen LogP contribution in [0.2, 0.25) is 0 Å². The Bertz CT molecular complexity index is 359. The van der Waals surface area contributed by atoms with E-state index in [1.807, 2.05) is 0 Å². The van der Waals surface area contributed by atoms with Gasteiger partial charge in [0.1, 0.15) is 5.75 Å². The highest BCUT2D eigenvalue weighted by Gasteiger charge is 2.10. The number of hydrogen-bond acceptors (Lipinski definition) is 3. The standard InChI is InChI=1S/C9H11BrN2O2S/c1-14-7-3-6(10)2-5(4-13)8(7)12-9(11)15/h2-3,13H,4H2,1H3,(H3,11,12,15). The van der Waals surface area contributed by atoms with E-state index >= 15 is 0 Å². The quantitative estimate of drug-likeness (QED) is 0.738. The molecule has 0 amide bonds. The zero-order chi connectivity index (χ0) is 11.4. The molecule has 6 heteroatoms. The molecule has 0 unspecified atom stereocenters. The van der Waals surface area contributed by atoms with Crippen molar-refractivity contribution < 1.29 is 9.84 Å². The van der Waals surface area contributed by atoms with Crippen LogP contribution in [0.4, 0.5) is 5.69 Å². The van der Waals surface area contributed by atoms with Gasteiger partial charge in [0.15, 0.2) is 5.11 Å². The van der Waals surface area contributed by atoms with E-state index in [9.17, 15) is 5.11 Å². The maximum absolute atomic E-state index is 9.18. The molecule has 0 aromatic heterocycles. The van der Waals surface area contributed by atoms with Gasteiger partial charge in [0.05, 0.1) is 19.4 Å². The Hall–Kier alpha value is -0.850. The topological polar surface area (TPSA) is 67.5 Å². The number of benzene rings is 1. The second-order valence-corrected chi connectivity index (χ2v) is 4.15. The first-order valence-corrected chi connectivity index (χ1v) is 5.32. The number of aliphatic hydroxyl groups excluding tert-OH is 1. The number of methoxy groups -OCH3 is 1. The first kappa shape index (κ1) is 12.2. The third-order valence-corrected chi connectivity index (χ3v) is 2.35. The molecule has 0 aliphatic heterocycles. The van der Waals surface area contributed by atoms with Gasteiger partial charge in [-0.05, 0) is 24.4 Å². The summed E-state index contributed by atoms with van der Waals surface area (Å²) in [5, 5.41) is 12.1. The van der Waals surface area contributed by atoms with Crippen molar-refractivity contribution in [3.63, 3.8) is 0 Å². The predicted molar refractivity (Wildman–Crippen MR) is 67.0 cm³/mol. The van der Waals surface area contributed by atoms with Gasteiger partial charge >= 0.3 is 0 Å². The molecular weight excluding hydrogens is 280 g/mol. The molecule has 4 N–H and O–H groups in total. The molecular formula is C9H11BrN2O2S. The van der Waals surface area contributed by atoms with Gasteiger partial charge < -0.3 is 20.9 Å². The van der Waals surface area contributed by atoms with Crippen LogP contribution in [-0.2, 0) is 6.61 Å². The molecule has 0 saturated carbocycles. The van der Waals surface area contributed by atoms with E-state index in [1.54, 1.807) is 12.1 Å². The molecule has 82 valence electrons.